The van der Waals surface area contributed by atoms with Gasteiger partial charge in [0.2, 0.25) is 5.88 Å². The molecule has 2 N–H and O–H groups in total. The molecule has 2 aliphatic rings. The van der Waals surface area contributed by atoms with E-state index in [2.05, 4.69) is 39.2 Å². The first kappa shape index (κ1) is 19.8. The summed E-state index contributed by atoms with van der Waals surface area (Å²) in [7, 11) is 0. The second-order valence-corrected chi connectivity index (χ2v) is 8.39. The largest absolute Gasteiger partial charge is 0.472 e. The molecule has 0 unspecified atom stereocenters. The Morgan fingerprint density at radius 1 is 1.03 bits per heavy atom. The molecule has 2 aliphatic heterocycles. The van der Waals surface area contributed by atoms with Crippen LogP contribution in [0.15, 0.2) is 48.5 Å². The Bertz CT molecular complexity index is 1300. The standard InChI is InChI=1S/C23H20ClN3O5/c24-15-8-16-21(27-23(25-16)32-18-11-30-19-17(28)10-29-20(18)19)26-22(15)31-9-12-5-6-13-3-1-2-4-14(13)7-12/h1-8,17-20,28H,9-11H2,(H,25,26,27)/t17-,18-,19-,20-/m1/s1. The lowest BCUT2D eigenvalue weighted by molar-refractivity contribution is 0.00706. The molecule has 8 nitrogen and oxygen atoms in total. The highest BCUT2D eigenvalue weighted by Crippen LogP contribution is 2.31. The van der Waals surface area contributed by atoms with Gasteiger partial charge in [0.05, 0.1) is 18.7 Å². The number of pyridine rings is 1. The van der Waals surface area contributed by atoms with Crippen LogP contribution in [-0.4, -0.2) is 57.7 Å². The van der Waals surface area contributed by atoms with Gasteiger partial charge in [0.25, 0.3) is 6.01 Å². The summed E-state index contributed by atoms with van der Waals surface area (Å²) in [6.45, 7) is 0.890. The highest BCUT2D eigenvalue weighted by atomic mass is 35.5. The molecule has 0 spiro atoms. The zero-order valence-electron chi connectivity index (χ0n) is 16.9. The summed E-state index contributed by atoms with van der Waals surface area (Å²) in [6, 6.07) is 16.3. The number of benzene rings is 2. The zero-order valence-corrected chi connectivity index (χ0v) is 17.7. The van der Waals surface area contributed by atoms with Crippen LogP contribution in [0.25, 0.3) is 21.9 Å². The lowest BCUT2D eigenvalue weighted by Gasteiger charge is -2.15. The van der Waals surface area contributed by atoms with Crippen molar-refractivity contribution in [2.45, 2.75) is 31.0 Å². The number of nitrogens with one attached hydrogen (secondary N) is 1. The Morgan fingerprint density at radius 3 is 2.78 bits per heavy atom. The van der Waals surface area contributed by atoms with Crippen LogP contribution in [0.2, 0.25) is 5.02 Å². The molecule has 2 aromatic carbocycles. The van der Waals surface area contributed by atoms with Crippen LogP contribution in [-0.2, 0) is 16.1 Å². The summed E-state index contributed by atoms with van der Waals surface area (Å²) < 4.78 is 23.0. The Kier molecular flexibility index (Phi) is 4.87. The van der Waals surface area contributed by atoms with E-state index < -0.39 is 6.10 Å². The number of H-pyrrole nitrogens is 1. The van der Waals surface area contributed by atoms with Gasteiger partial charge in [-0.15, -0.1) is 0 Å². The van der Waals surface area contributed by atoms with E-state index in [1.165, 1.54) is 5.39 Å². The van der Waals surface area contributed by atoms with E-state index in [-0.39, 0.29) is 30.9 Å². The third-order valence-electron chi connectivity index (χ3n) is 5.81. The highest BCUT2D eigenvalue weighted by Gasteiger charge is 2.48. The molecule has 2 saturated heterocycles. The molecule has 0 saturated carbocycles. The molecule has 4 aromatic rings. The fourth-order valence-electron chi connectivity index (χ4n) is 4.21. The van der Waals surface area contributed by atoms with Crippen LogP contribution in [0.3, 0.4) is 0 Å². The molecule has 6 rings (SSSR count). The molecule has 164 valence electrons. The number of aromatic amines is 1. The van der Waals surface area contributed by atoms with E-state index in [9.17, 15) is 5.11 Å². The maximum Gasteiger partial charge on any atom is 0.296 e. The van der Waals surface area contributed by atoms with Crippen LogP contribution < -0.4 is 9.47 Å². The SMILES string of the molecule is O[C@@H]1CO[C@H]2[C@@H]1OC[C@H]2Oc1nc2nc(OCc3ccc4ccccc4c3)c(Cl)cc2[nH]1. The fraction of sp³-hybridized carbons (Fsp3) is 0.304. The maximum absolute atomic E-state index is 9.88. The molecular weight excluding hydrogens is 434 g/mol. The van der Waals surface area contributed by atoms with E-state index >= 15 is 0 Å². The van der Waals surface area contributed by atoms with Crippen LogP contribution in [0.1, 0.15) is 5.56 Å². The van der Waals surface area contributed by atoms with Crippen molar-refractivity contribution in [3.8, 4) is 11.9 Å². The Morgan fingerprint density at radius 2 is 1.88 bits per heavy atom. The van der Waals surface area contributed by atoms with Crippen molar-refractivity contribution < 1.29 is 24.1 Å². The first-order valence-corrected chi connectivity index (χ1v) is 10.8. The number of halogens is 1. The molecule has 2 fully saturated rings. The highest BCUT2D eigenvalue weighted by molar-refractivity contribution is 6.32. The third kappa shape index (κ3) is 3.55. The van der Waals surface area contributed by atoms with Gasteiger partial charge in [-0.2, -0.15) is 9.97 Å². The van der Waals surface area contributed by atoms with Crippen molar-refractivity contribution >= 4 is 33.5 Å². The van der Waals surface area contributed by atoms with Gasteiger partial charge in [-0.25, -0.2) is 0 Å². The summed E-state index contributed by atoms with van der Waals surface area (Å²) in [6.07, 6.45) is -1.69. The topological polar surface area (TPSA) is 98.7 Å². The summed E-state index contributed by atoms with van der Waals surface area (Å²) in [4.78, 5) is 11.9. The summed E-state index contributed by atoms with van der Waals surface area (Å²) in [5.41, 5.74) is 2.08. The second-order valence-electron chi connectivity index (χ2n) is 7.98. The number of aliphatic hydroxyl groups excluding tert-OH is 1. The van der Waals surface area contributed by atoms with Crippen molar-refractivity contribution in [2.24, 2.45) is 0 Å². The van der Waals surface area contributed by atoms with Gasteiger partial charge in [-0.3, -0.25) is 0 Å². The number of rotatable bonds is 5. The number of nitrogens with zero attached hydrogens (tertiary/aromatic N) is 2. The first-order valence-electron chi connectivity index (χ1n) is 10.4. The molecule has 32 heavy (non-hydrogen) atoms. The number of aliphatic hydroxyl groups is 1. The van der Waals surface area contributed by atoms with Crippen molar-refractivity contribution in [1.82, 2.24) is 15.0 Å². The van der Waals surface area contributed by atoms with Crippen LogP contribution >= 0.6 is 11.6 Å². The number of hydrogen-bond acceptors (Lipinski definition) is 7. The monoisotopic (exact) mass is 453 g/mol. The third-order valence-corrected chi connectivity index (χ3v) is 6.08. The van der Waals surface area contributed by atoms with Gasteiger partial charge in [-0.1, -0.05) is 48.0 Å². The molecule has 0 amide bonds. The van der Waals surface area contributed by atoms with Gasteiger partial charge >= 0.3 is 0 Å². The van der Waals surface area contributed by atoms with Crippen molar-refractivity contribution in [3.05, 3.63) is 59.1 Å². The van der Waals surface area contributed by atoms with Gasteiger partial charge in [0.15, 0.2) is 11.8 Å². The summed E-state index contributed by atoms with van der Waals surface area (Å²) >= 11 is 6.39. The van der Waals surface area contributed by atoms with Gasteiger partial charge in [-0.05, 0) is 28.5 Å². The van der Waals surface area contributed by atoms with E-state index in [1.807, 2.05) is 18.2 Å². The number of ether oxygens (including phenoxy) is 4. The van der Waals surface area contributed by atoms with Gasteiger partial charge < -0.3 is 29.0 Å². The molecule has 9 heteroatoms. The van der Waals surface area contributed by atoms with E-state index in [0.29, 0.717) is 35.3 Å². The molecular formula is C23H20ClN3O5. The number of fused-ring (bicyclic) bond motifs is 3. The Hall–Kier alpha value is -2.91. The molecule has 0 aliphatic carbocycles. The quantitative estimate of drug-likeness (QED) is 0.478. The van der Waals surface area contributed by atoms with Crippen molar-refractivity contribution in [2.75, 3.05) is 13.2 Å². The second kappa shape index (κ2) is 7.90. The first-order chi connectivity index (χ1) is 15.6. The minimum Gasteiger partial charge on any atom is -0.472 e. The lowest BCUT2D eigenvalue weighted by Crippen LogP contribution is -2.34. The summed E-state index contributed by atoms with van der Waals surface area (Å²) in [5, 5.41) is 12.6. The molecule has 2 aromatic heterocycles. The van der Waals surface area contributed by atoms with Crippen LogP contribution in [0.5, 0.6) is 11.9 Å². The van der Waals surface area contributed by atoms with E-state index in [4.69, 9.17) is 30.5 Å². The van der Waals surface area contributed by atoms with Crippen LogP contribution in [0.4, 0.5) is 0 Å². The molecule has 0 bridgehead atoms. The minimum absolute atomic E-state index is 0.240. The maximum atomic E-state index is 9.88. The Labute approximate surface area is 188 Å². The number of aromatic nitrogens is 3. The van der Waals surface area contributed by atoms with Crippen LogP contribution in [0, 0.1) is 0 Å². The smallest absolute Gasteiger partial charge is 0.296 e. The Balaban J connectivity index is 1.18. The average molecular weight is 454 g/mol. The van der Waals surface area contributed by atoms with Crippen molar-refractivity contribution in [1.29, 1.82) is 0 Å². The predicted octanol–water partition coefficient (Wildman–Crippen LogP) is 3.25. The van der Waals surface area contributed by atoms with E-state index in [1.54, 1.807) is 6.07 Å². The molecule has 4 atom stereocenters. The van der Waals surface area contributed by atoms with E-state index in [0.717, 1.165) is 10.9 Å². The van der Waals surface area contributed by atoms with Gasteiger partial charge in [0, 0.05) is 0 Å². The zero-order chi connectivity index (χ0) is 21.7. The lowest BCUT2D eigenvalue weighted by atomic mass is 10.1. The summed E-state index contributed by atoms with van der Waals surface area (Å²) in [5.74, 6) is 0.303. The van der Waals surface area contributed by atoms with Gasteiger partial charge in [0.1, 0.15) is 29.9 Å². The average Bonchev–Trinajstić information content (AvgIpc) is 3.49. The predicted molar refractivity (Wildman–Crippen MR) is 117 cm³/mol. The van der Waals surface area contributed by atoms with Crippen molar-refractivity contribution in [3.63, 3.8) is 0 Å². The fourth-order valence-corrected chi connectivity index (χ4v) is 4.41. The molecule has 4 heterocycles. The normalized spacial score (nSPS) is 24.8. The molecule has 0 radical (unpaired) electrons. The number of hydrogen-bond donors (Lipinski definition) is 2. The minimum atomic E-state index is -0.632. The number of imidazole rings is 1.